The molecule has 0 saturated carbocycles. The largest absolute Gasteiger partial charge is 0.495 e. The Labute approximate surface area is 170 Å². The van der Waals surface area contributed by atoms with Gasteiger partial charge in [0.1, 0.15) is 11.5 Å². The molecule has 1 aromatic heterocycles. The van der Waals surface area contributed by atoms with Crippen molar-refractivity contribution in [3.63, 3.8) is 0 Å². The minimum Gasteiger partial charge on any atom is -0.495 e. The van der Waals surface area contributed by atoms with E-state index in [1.165, 1.54) is 44.7 Å². The fourth-order valence-corrected chi connectivity index (χ4v) is 4.05. The van der Waals surface area contributed by atoms with Crippen molar-refractivity contribution >= 4 is 21.6 Å². The molecule has 1 heterocycles. The number of rotatable bonds is 7. The minimum absolute atomic E-state index is 0.0709. The van der Waals surface area contributed by atoms with Gasteiger partial charge in [0, 0.05) is 12.6 Å². The highest BCUT2D eigenvalue weighted by Crippen LogP contribution is 2.30. The molecule has 3 aromatic rings. The van der Waals surface area contributed by atoms with E-state index in [2.05, 4.69) is 5.32 Å². The van der Waals surface area contributed by atoms with Crippen LogP contribution in [-0.2, 0) is 10.0 Å². The molecule has 0 bridgehead atoms. The summed E-state index contributed by atoms with van der Waals surface area (Å²) in [6.45, 7) is 1.80. The fourth-order valence-electron chi connectivity index (χ4n) is 2.84. The van der Waals surface area contributed by atoms with Crippen molar-refractivity contribution in [1.29, 1.82) is 0 Å². The Hall–Kier alpha value is -3.26. The van der Waals surface area contributed by atoms with Gasteiger partial charge in [0.15, 0.2) is 0 Å². The lowest BCUT2D eigenvalue weighted by Gasteiger charge is -2.21. The van der Waals surface area contributed by atoms with Crippen LogP contribution in [0.4, 0.5) is 5.69 Å². The van der Waals surface area contributed by atoms with E-state index in [0.29, 0.717) is 22.8 Å². The topological polar surface area (TPSA) is 88.8 Å². The van der Waals surface area contributed by atoms with Gasteiger partial charge in [-0.1, -0.05) is 12.1 Å². The molecule has 1 amide bonds. The normalized spacial score (nSPS) is 12.2. The molecule has 2 aromatic carbocycles. The van der Waals surface area contributed by atoms with Crippen molar-refractivity contribution in [2.75, 3.05) is 18.5 Å². The predicted molar refractivity (Wildman–Crippen MR) is 110 cm³/mol. The molecule has 0 unspecified atom stereocenters. The molecule has 0 spiro atoms. The molecule has 0 aliphatic carbocycles. The molecule has 0 radical (unpaired) electrons. The van der Waals surface area contributed by atoms with Crippen molar-refractivity contribution in [3.05, 3.63) is 78.3 Å². The maximum Gasteiger partial charge on any atom is 0.264 e. The zero-order valence-corrected chi connectivity index (χ0v) is 17.1. The van der Waals surface area contributed by atoms with E-state index in [1.54, 1.807) is 43.3 Å². The summed E-state index contributed by atoms with van der Waals surface area (Å²) in [5, 5.41) is 2.81. The molecule has 1 N–H and O–H groups in total. The first-order chi connectivity index (χ1) is 13.8. The van der Waals surface area contributed by atoms with Crippen LogP contribution >= 0.6 is 0 Å². The fraction of sp³-hybridized carbons (Fsp3) is 0.190. The van der Waals surface area contributed by atoms with Gasteiger partial charge < -0.3 is 14.5 Å². The summed E-state index contributed by atoms with van der Waals surface area (Å²) in [5.74, 6) is 0.758. The molecule has 1 atom stereocenters. The maximum atomic E-state index is 13.0. The number of hydrogen-bond acceptors (Lipinski definition) is 5. The number of para-hydroxylation sites is 2. The summed E-state index contributed by atoms with van der Waals surface area (Å²) >= 11 is 0. The Kier molecular flexibility index (Phi) is 5.93. The first-order valence-electron chi connectivity index (χ1n) is 8.91. The van der Waals surface area contributed by atoms with Crippen molar-refractivity contribution in [3.8, 4) is 5.75 Å². The summed E-state index contributed by atoms with van der Waals surface area (Å²) in [6.07, 6.45) is 1.54. The number of ether oxygens (including phenoxy) is 1. The summed E-state index contributed by atoms with van der Waals surface area (Å²) < 4.78 is 37.6. The van der Waals surface area contributed by atoms with E-state index in [0.717, 1.165) is 4.31 Å². The SMILES string of the molecule is COc1ccccc1N(C)S(=O)(=O)c1ccc(C(=O)N[C@@H](C)c2ccco2)cc1. The first kappa shape index (κ1) is 20.5. The number of anilines is 1. The smallest absolute Gasteiger partial charge is 0.264 e. The minimum atomic E-state index is -3.82. The van der Waals surface area contributed by atoms with Gasteiger partial charge in [0.2, 0.25) is 0 Å². The highest BCUT2D eigenvalue weighted by Gasteiger charge is 2.24. The van der Waals surface area contributed by atoms with Crippen LogP contribution in [0.15, 0.2) is 76.2 Å². The predicted octanol–water partition coefficient (Wildman–Crippen LogP) is 3.60. The third kappa shape index (κ3) is 4.27. The number of hydrogen-bond donors (Lipinski definition) is 1. The van der Waals surface area contributed by atoms with Gasteiger partial charge in [0.05, 0.1) is 30.0 Å². The zero-order chi connectivity index (χ0) is 21.0. The van der Waals surface area contributed by atoms with Crippen LogP contribution in [0, 0.1) is 0 Å². The number of sulfonamides is 1. The summed E-state index contributed by atoms with van der Waals surface area (Å²) in [6, 6.07) is 15.8. The second-order valence-corrected chi connectivity index (χ2v) is 8.35. The molecule has 3 rings (SSSR count). The highest BCUT2D eigenvalue weighted by molar-refractivity contribution is 7.92. The van der Waals surface area contributed by atoms with Crippen LogP contribution in [0.3, 0.4) is 0 Å². The van der Waals surface area contributed by atoms with Crippen molar-refractivity contribution < 1.29 is 22.4 Å². The number of nitrogens with zero attached hydrogens (tertiary/aromatic N) is 1. The summed E-state index contributed by atoms with van der Waals surface area (Å²) in [7, 11) is -0.879. The second-order valence-electron chi connectivity index (χ2n) is 6.38. The molecule has 7 nitrogen and oxygen atoms in total. The lowest BCUT2D eigenvalue weighted by Crippen LogP contribution is -2.28. The van der Waals surface area contributed by atoms with E-state index >= 15 is 0 Å². The van der Waals surface area contributed by atoms with Gasteiger partial charge in [-0.05, 0) is 55.5 Å². The molecule has 0 fully saturated rings. The van der Waals surface area contributed by atoms with E-state index < -0.39 is 10.0 Å². The molecule has 29 heavy (non-hydrogen) atoms. The standard InChI is InChI=1S/C21H22N2O5S/c1-15(19-9-6-14-28-19)22-21(24)16-10-12-17(13-11-16)29(25,26)23(2)18-7-4-5-8-20(18)27-3/h4-15H,1-3H3,(H,22,24)/t15-/m0/s1. The molecule has 8 heteroatoms. The van der Waals surface area contributed by atoms with Gasteiger partial charge >= 0.3 is 0 Å². The van der Waals surface area contributed by atoms with Crippen molar-refractivity contribution in [2.45, 2.75) is 17.9 Å². The molecule has 0 aliphatic heterocycles. The van der Waals surface area contributed by atoms with E-state index in [-0.39, 0.29) is 16.8 Å². The van der Waals surface area contributed by atoms with Crippen LogP contribution in [0.25, 0.3) is 0 Å². The molecular formula is C21H22N2O5S. The van der Waals surface area contributed by atoms with Crippen molar-refractivity contribution in [2.24, 2.45) is 0 Å². The zero-order valence-electron chi connectivity index (χ0n) is 16.3. The quantitative estimate of drug-likeness (QED) is 0.638. The number of amides is 1. The number of methoxy groups -OCH3 is 1. The molecule has 0 aliphatic rings. The van der Waals surface area contributed by atoms with E-state index in [4.69, 9.17) is 9.15 Å². The van der Waals surface area contributed by atoms with Gasteiger partial charge in [-0.2, -0.15) is 0 Å². The Bertz CT molecular complexity index is 1080. The second kappa shape index (κ2) is 8.40. The molecule has 152 valence electrons. The van der Waals surface area contributed by atoms with E-state index in [1.807, 2.05) is 0 Å². The van der Waals surface area contributed by atoms with Gasteiger partial charge in [-0.3, -0.25) is 9.10 Å². The average molecular weight is 414 g/mol. The summed E-state index contributed by atoms with van der Waals surface area (Å²) in [4.78, 5) is 12.5. The number of nitrogens with one attached hydrogen (secondary N) is 1. The van der Waals surface area contributed by atoms with Crippen molar-refractivity contribution in [1.82, 2.24) is 5.32 Å². The Morgan fingerprint density at radius 2 is 1.76 bits per heavy atom. The van der Waals surface area contributed by atoms with Crippen LogP contribution < -0.4 is 14.4 Å². The molecule has 0 saturated heterocycles. The van der Waals surface area contributed by atoms with Crippen LogP contribution in [0.5, 0.6) is 5.75 Å². The molecular weight excluding hydrogens is 392 g/mol. The number of carbonyl (C=O) groups excluding carboxylic acids is 1. The van der Waals surface area contributed by atoms with E-state index in [9.17, 15) is 13.2 Å². The Morgan fingerprint density at radius 1 is 1.07 bits per heavy atom. The Morgan fingerprint density at radius 3 is 2.38 bits per heavy atom. The van der Waals surface area contributed by atoms with Crippen LogP contribution in [0.2, 0.25) is 0 Å². The Balaban J connectivity index is 1.79. The first-order valence-corrected chi connectivity index (χ1v) is 10.3. The summed E-state index contributed by atoms with van der Waals surface area (Å²) in [5.41, 5.74) is 0.770. The number of benzene rings is 2. The lowest BCUT2D eigenvalue weighted by molar-refractivity contribution is 0.0935. The van der Waals surface area contributed by atoms with Gasteiger partial charge in [-0.15, -0.1) is 0 Å². The third-order valence-corrected chi connectivity index (χ3v) is 6.30. The maximum absolute atomic E-state index is 13.0. The highest BCUT2D eigenvalue weighted by atomic mass is 32.2. The van der Waals surface area contributed by atoms with Gasteiger partial charge in [-0.25, -0.2) is 8.42 Å². The average Bonchev–Trinajstić information content (AvgIpc) is 3.28. The van der Waals surface area contributed by atoms with Crippen LogP contribution in [0.1, 0.15) is 29.1 Å². The monoisotopic (exact) mass is 414 g/mol. The third-order valence-electron chi connectivity index (χ3n) is 4.52. The van der Waals surface area contributed by atoms with Gasteiger partial charge in [0.25, 0.3) is 15.9 Å². The lowest BCUT2D eigenvalue weighted by atomic mass is 10.2. The number of carbonyl (C=O) groups is 1. The number of furan rings is 1. The van der Waals surface area contributed by atoms with Crippen LogP contribution in [-0.4, -0.2) is 28.5 Å².